The Kier molecular flexibility index (Phi) is 4.10. The van der Waals surface area contributed by atoms with E-state index < -0.39 is 11.5 Å². The summed E-state index contributed by atoms with van der Waals surface area (Å²) in [6.45, 7) is 1.60. The van der Waals surface area contributed by atoms with Gasteiger partial charge in [-0.1, -0.05) is 41.5 Å². The number of aromatic nitrogens is 1. The van der Waals surface area contributed by atoms with E-state index in [1.165, 1.54) is 4.90 Å². The summed E-state index contributed by atoms with van der Waals surface area (Å²) in [7, 11) is 0. The molecule has 0 radical (unpaired) electrons. The minimum absolute atomic E-state index is 0.365. The van der Waals surface area contributed by atoms with Crippen LogP contribution >= 0.6 is 0 Å². The lowest BCUT2D eigenvalue weighted by atomic mass is 9.95. The molecule has 1 atom stereocenters. The summed E-state index contributed by atoms with van der Waals surface area (Å²) in [4.78, 5) is 34.0. The summed E-state index contributed by atoms with van der Waals surface area (Å²) in [6.07, 6.45) is 4.89. The first-order chi connectivity index (χ1) is 15.0. The predicted octanol–water partition coefficient (Wildman–Crippen LogP) is 4.95. The number of carbonyl (C=O) groups is 2. The van der Waals surface area contributed by atoms with Gasteiger partial charge < -0.3 is 4.74 Å². The van der Waals surface area contributed by atoms with E-state index in [0.29, 0.717) is 39.4 Å². The van der Waals surface area contributed by atoms with E-state index in [1.54, 1.807) is 61.8 Å². The second-order valence-corrected chi connectivity index (χ2v) is 7.34. The van der Waals surface area contributed by atoms with E-state index in [9.17, 15) is 9.59 Å². The van der Waals surface area contributed by atoms with Gasteiger partial charge in [-0.25, -0.2) is 4.79 Å². The molecule has 0 aliphatic carbocycles. The Morgan fingerprint density at radius 3 is 2.65 bits per heavy atom. The third-order valence-electron chi connectivity index (χ3n) is 5.45. The SMILES string of the molecule is CC1(N=[N+]=[N-])C(=O)N(c2cncc(C=C3OC(=O)c4ccccc43)c2)c2ccccc21. The predicted molar refractivity (Wildman–Crippen MR) is 114 cm³/mol. The van der Waals surface area contributed by atoms with Gasteiger partial charge in [0, 0.05) is 16.7 Å². The molecule has 0 bridgehead atoms. The number of azide groups is 1. The third kappa shape index (κ3) is 2.78. The van der Waals surface area contributed by atoms with Crippen molar-refractivity contribution in [2.45, 2.75) is 12.5 Å². The van der Waals surface area contributed by atoms with E-state index in [0.717, 1.165) is 0 Å². The Morgan fingerprint density at radius 1 is 1.10 bits per heavy atom. The minimum atomic E-state index is -1.35. The summed E-state index contributed by atoms with van der Waals surface area (Å²) >= 11 is 0. The van der Waals surface area contributed by atoms with Gasteiger partial charge in [-0.2, -0.15) is 0 Å². The molecule has 0 saturated heterocycles. The molecule has 2 aromatic carbocycles. The summed E-state index contributed by atoms with van der Waals surface area (Å²) in [5.41, 5.74) is 11.3. The molecule has 2 aliphatic rings. The van der Waals surface area contributed by atoms with Gasteiger partial charge in [0.25, 0.3) is 0 Å². The van der Waals surface area contributed by atoms with Crippen LogP contribution in [0.15, 0.2) is 72.1 Å². The number of rotatable bonds is 3. The number of esters is 1. The Labute approximate surface area is 177 Å². The molecule has 2 aliphatic heterocycles. The molecular formula is C23H15N5O3. The highest BCUT2D eigenvalue weighted by Gasteiger charge is 2.47. The lowest BCUT2D eigenvalue weighted by Gasteiger charge is -2.20. The second kappa shape index (κ2) is 6.83. The first-order valence-electron chi connectivity index (χ1n) is 9.51. The standard InChI is InChI=1S/C23H15N5O3/c1-23(26-27-24)18-8-4-5-9-19(18)28(22(23)30)15-10-14(12-25-13-15)11-20-16-6-2-3-7-17(16)21(29)31-20/h2-13H,1H3. The van der Waals surface area contributed by atoms with Gasteiger partial charge >= 0.3 is 5.97 Å². The number of hydrogen-bond donors (Lipinski definition) is 0. The third-order valence-corrected chi connectivity index (χ3v) is 5.45. The highest BCUT2D eigenvalue weighted by Crippen LogP contribution is 2.46. The maximum Gasteiger partial charge on any atom is 0.344 e. The number of benzene rings is 2. The van der Waals surface area contributed by atoms with Crippen molar-refractivity contribution in [2.24, 2.45) is 5.11 Å². The van der Waals surface area contributed by atoms with Crippen molar-refractivity contribution < 1.29 is 14.3 Å². The van der Waals surface area contributed by atoms with Crippen molar-refractivity contribution in [3.63, 3.8) is 0 Å². The number of anilines is 2. The smallest absolute Gasteiger partial charge is 0.344 e. The summed E-state index contributed by atoms with van der Waals surface area (Å²) in [5.74, 6) is -0.345. The van der Waals surface area contributed by atoms with Gasteiger partial charge in [0.2, 0.25) is 5.91 Å². The van der Waals surface area contributed by atoms with E-state index in [2.05, 4.69) is 15.0 Å². The number of para-hydroxylation sites is 1. The second-order valence-electron chi connectivity index (χ2n) is 7.34. The zero-order chi connectivity index (χ0) is 21.6. The maximum atomic E-state index is 13.3. The fourth-order valence-electron chi connectivity index (χ4n) is 3.96. The molecule has 3 aromatic rings. The number of pyridine rings is 1. The zero-order valence-electron chi connectivity index (χ0n) is 16.4. The van der Waals surface area contributed by atoms with Crippen LogP contribution in [0.1, 0.15) is 34.0 Å². The lowest BCUT2D eigenvalue weighted by molar-refractivity contribution is -0.121. The molecule has 3 heterocycles. The maximum absolute atomic E-state index is 13.3. The molecular weight excluding hydrogens is 394 g/mol. The zero-order valence-corrected chi connectivity index (χ0v) is 16.4. The van der Waals surface area contributed by atoms with Crippen LogP contribution in [0.3, 0.4) is 0 Å². The molecule has 5 rings (SSSR count). The van der Waals surface area contributed by atoms with Gasteiger partial charge in [0.15, 0.2) is 5.54 Å². The van der Waals surface area contributed by atoms with Crippen LogP contribution < -0.4 is 4.90 Å². The molecule has 31 heavy (non-hydrogen) atoms. The van der Waals surface area contributed by atoms with E-state index >= 15 is 0 Å². The van der Waals surface area contributed by atoms with Crippen LogP contribution in [0.5, 0.6) is 0 Å². The van der Waals surface area contributed by atoms with Crippen LogP contribution in [0.4, 0.5) is 11.4 Å². The fourth-order valence-corrected chi connectivity index (χ4v) is 3.96. The summed E-state index contributed by atoms with van der Waals surface area (Å²) < 4.78 is 5.40. The molecule has 0 N–H and O–H groups in total. The highest BCUT2D eigenvalue weighted by molar-refractivity contribution is 6.12. The van der Waals surface area contributed by atoms with Crippen molar-refractivity contribution in [3.8, 4) is 0 Å². The topological polar surface area (TPSA) is 108 Å². The van der Waals surface area contributed by atoms with Crippen LogP contribution in [0.25, 0.3) is 22.3 Å². The Hall–Kier alpha value is -4.42. The first-order valence-corrected chi connectivity index (χ1v) is 9.51. The number of ether oxygens (including phenoxy) is 1. The highest BCUT2D eigenvalue weighted by atomic mass is 16.5. The average Bonchev–Trinajstić information content (AvgIpc) is 3.21. The lowest BCUT2D eigenvalue weighted by Crippen LogP contribution is -2.33. The fraction of sp³-hybridized carbons (Fsp3) is 0.0870. The minimum Gasteiger partial charge on any atom is -0.422 e. The molecule has 0 saturated carbocycles. The van der Waals surface area contributed by atoms with Crippen LogP contribution in [-0.2, 0) is 15.1 Å². The first kappa shape index (κ1) is 18.6. The number of cyclic esters (lactones) is 1. The number of hydrogen-bond acceptors (Lipinski definition) is 5. The number of amides is 1. The molecule has 8 heteroatoms. The molecule has 150 valence electrons. The van der Waals surface area contributed by atoms with Gasteiger partial charge in [-0.15, -0.1) is 0 Å². The molecule has 1 amide bonds. The van der Waals surface area contributed by atoms with Gasteiger partial charge in [0.1, 0.15) is 5.76 Å². The van der Waals surface area contributed by atoms with Gasteiger partial charge in [0.05, 0.1) is 23.1 Å². The van der Waals surface area contributed by atoms with Crippen molar-refractivity contribution >= 4 is 35.1 Å². The largest absolute Gasteiger partial charge is 0.422 e. The normalized spacial score (nSPS) is 20.3. The molecule has 1 unspecified atom stereocenters. The summed E-state index contributed by atoms with van der Waals surface area (Å²) in [6, 6.07) is 16.1. The van der Waals surface area contributed by atoms with Crippen LogP contribution in [-0.4, -0.2) is 16.9 Å². The Balaban J connectivity index is 1.59. The molecule has 0 fully saturated rings. The number of fused-ring (bicyclic) bond motifs is 2. The molecule has 1 aromatic heterocycles. The molecule has 8 nitrogen and oxygen atoms in total. The molecule has 0 spiro atoms. The van der Waals surface area contributed by atoms with Crippen molar-refractivity contribution in [1.29, 1.82) is 0 Å². The van der Waals surface area contributed by atoms with Crippen LogP contribution in [0.2, 0.25) is 0 Å². The number of nitrogens with zero attached hydrogens (tertiary/aromatic N) is 5. The van der Waals surface area contributed by atoms with Gasteiger partial charge in [-0.3, -0.25) is 14.7 Å². The van der Waals surface area contributed by atoms with Crippen molar-refractivity contribution in [3.05, 3.63) is 99.7 Å². The van der Waals surface area contributed by atoms with E-state index in [4.69, 9.17) is 10.3 Å². The van der Waals surface area contributed by atoms with E-state index in [-0.39, 0.29) is 5.91 Å². The average molecular weight is 409 g/mol. The van der Waals surface area contributed by atoms with Crippen molar-refractivity contribution in [1.82, 2.24) is 4.98 Å². The monoisotopic (exact) mass is 409 g/mol. The quantitative estimate of drug-likeness (QED) is 0.264. The van der Waals surface area contributed by atoms with Crippen LogP contribution in [0, 0.1) is 0 Å². The Bertz CT molecular complexity index is 1340. The van der Waals surface area contributed by atoms with Gasteiger partial charge in [-0.05, 0) is 47.9 Å². The van der Waals surface area contributed by atoms with E-state index in [1.807, 2.05) is 18.2 Å². The number of carbonyl (C=O) groups excluding carboxylic acids is 2. The van der Waals surface area contributed by atoms with Crippen molar-refractivity contribution in [2.75, 3.05) is 4.90 Å². The Morgan fingerprint density at radius 2 is 1.84 bits per heavy atom. The summed E-state index contributed by atoms with van der Waals surface area (Å²) in [5, 5.41) is 3.79.